The van der Waals surface area contributed by atoms with Gasteiger partial charge in [0.05, 0.1) is 49.2 Å². The molecular weight excluding hydrogens is 688 g/mol. The maximum absolute atomic E-state index is 13.6. The molecule has 0 spiro atoms. The number of carbonyl (C=O) groups excluding carboxylic acids is 3. The Morgan fingerprint density at radius 3 is 2.20 bits per heavy atom. The molecular formula is C40H50N8O6. The van der Waals surface area contributed by atoms with Gasteiger partial charge < -0.3 is 34.7 Å². The number of aromatic amines is 2. The average molecular weight is 739 g/mol. The molecule has 54 heavy (non-hydrogen) atoms. The number of H-pyrrole nitrogens is 2. The molecule has 4 aromatic rings. The molecule has 3 amide bonds. The van der Waals surface area contributed by atoms with E-state index in [1.165, 1.54) is 20.6 Å². The molecule has 2 saturated heterocycles. The first kappa shape index (κ1) is 38.2. The summed E-state index contributed by atoms with van der Waals surface area (Å²) in [7, 11) is 2.68. The first-order valence-corrected chi connectivity index (χ1v) is 18.6. The number of amides is 3. The zero-order valence-electron chi connectivity index (χ0n) is 31.7. The van der Waals surface area contributed by atoms with Gasteiger partial charge in [-0.2, -0.15) is 4.89 Å². The summed E-state index contributed by atoms with van der Waals surface area (Å²) >= 11 is 0. The maximum atomic E-state index is 13.6. The van der Waals surface area contributed by atoms with E-state index in [2.05, 4.69) is 72.6 Å². The molecule has 2 aromatic heterocycles. The van der Waals surface area contributed by atoms with E-state index >= 15 is 0 Å². The molecule has 3 N–H and O–H groups in total. The summed E-state index contributed by atoms with van der Waals surface area (Å²) < 4.78 is 4.76. The van der Waals surface area contributed by atoms with Crippen LogP contribution in [0.1, 0.15) is 88.2 Å². The van der Waals surface area contributed by atoms with E-state index < -0.39 is 18.2 Å². The molecule has 286 valence electrons. The predicted octanol–water partition coefficient (Wildman–Crippen LogP) is 6.46. The molecule has 0 bridgehead atoms. The van der Waals surface area contributed by atoms with Crippen LogP contribution in [0.15, 0.2) is 53.7 Å². The van der Waals surface area contributed by atoms with Gasteiger partial charge in [0.1, 0.15) is 23.7 Å². The molecule has 0 aliphatic carbocycles. The summed E-state index contributed by atoms with van der Waals surface area (Å²) in [6.07, 6.45) is 9.86. The number of hydrogen-bond donors (Lipinski definition) is 3. The monoisotopic (exact) mass is 738 g/mol. The van der Waals surface area contributed by atoms with Crippen molar-refractivity contribution in [3.63, 3.8) is 0 Å². The van der Waals surface area contributed by atoms with E-state index in [-0.39, 0.29) is 35.7 Å². The largest absolute Gasteiger partial charge is 0.453 e. The summed E-state index contributed by atoms with van der Waals surface area (Å²) in [5.41, 5.74) is 5.64. The lowest BCUT2D eigenvalue weighted by atomic mass is 10.0. The van der Waals surface area contributed by atoms with Crippen LogP contribution in [0.5, 0.6) is 0 Å². The molecule has 2 aliphatic heterocycles. The minimum atomic E-state index is -0.683. The minimum absolute atomic E-state index is 0.00843. The van der Waals surface area contributed by atoms with Crippen molar-refractivity contribution >= 4 is 47.5 Å². The molecule has 2 fully saturated rings. The van der Waals surface area contributed by atoms with E-state index in [0.717, 1.165) is 70.7 Å². The van der Waals surface area contributed by atoms with Crippen LogP contribution < -0.4 is 5.32 Å². The van der Waals surface area contributed by atoms with Crippen LogP contribution in [-0.2, 0) is 24.1 Å². The Balaban J connectivity index is 1.11. The summed E-state index contributed by atoms with van der Waals surface area (Å²) in [5, 5.41) is 2.70. The number of nitrogens with one attached hydrogen (secondary N) is 3. The van der Waals surface area contributed by atoms with Crippen molar-refractivity contribution in [3.05, 3.63) is 71.4 Å². The van der Waals surface area contributed by atoms with Gasteiger partial charge in [0.25, 0.3) is 0 Å². The number of rotatable bonds is 13. The number of hydrogen-bond acceptors (Lipinski definition) is 9. The fraction of sp³-hybridized carbons (Fsp3) is 0.450. The van der Waals surface area contributed by atoms with Crippen molar-refractivity contribution in [2.75, 3.05) is 27.3 Å². The van der Waals surface area contributed by atoms with E-state index in [4.69, 9.17) is 14.6 Å². The summed E-state index contributed by atoms with van der Waals surface area (Å²) in [6, 6.07) is 12.7. The maximum Gasteiger partial charge on any atom is 0.407 e. The number of ether oxygens (including phenoxy) is 1. The van der Waals surface area contributed by atoms with Crippen molar-refractivity contribution in [2.45, 2.75) is 77.5 Å². The van der Waals surface area contributed by atoms with Gasteiger partial charge in [0, 0.05) is 13.1 Å². The number of aliphatic imine (C=N–C) groups is 1. The van der Waals surface area contributed by atoms with E-state index in [0.29, 0.717) is 13.1 Å². The van der Waals surface area contributed by atoms with Crippen LogP contribution in [0, 0.1) is 11.8 Å². The third kappa shape index (κ3) is 8.49. The highest BCUT2D eigenvalue weighted by atomic mass is 17.2. The average Bonchev–Trinajstić information content (AvgIpc) is 4.00. The lowest BCUT2D eigenvalue weighted by Crippen LogP contribution is -2.51. The highest BCUT2D eigenvalue weighted by Gasteiger charge is 2.38. The smallest absolute Gasteiger partial charge is 0.407 e. The van der Waals surface area contributed by atoms with Crippen molar-refractivity contribution in [1.82, 2.24) is 35.1 Å². The Morgan fingerprint density at radius 1 is 0.870 bits per heavy atom. The first-order valence-electron chi connectivity index (χ1n) is 18.6. The Labute approximate surface area is 315 Å². The fourth-order valence-electron chi connectivity index (χ4n) is 7.26. The number of alkyl carbamates (subject to hydrolysis) is 1. The molecule has 4 heterocycles. The Kier molecular flexibility index (Phi) is 12.1. The highest BCUT2D eigenvalue weighted by Crippen LogP contribution is 2.34. The molecule has 2 aromatic carbocycles. The molecule has 6 rings (SSSR count). The van der Waals surface area contributed by atoms with Crippen molar-refractivity contribution in [2.24, 2.45) is 16.8 Å². The number of aromatic nitrogens is 4. The minimum Gasteiger partial charge on any atom is -0.453 e. The van der Waals surface area contributed by atoms with Crippen LogP contribution >= 0.6 is 0 Å². The van der Waals surface area contributed by atoms with Crippen LogP contribution in [0.4, 0.5) is 4.79 Å². The summed E-state index contributed by atoms with van der Waals surface area (Å²) in [6.45, 7) is 8.98. The topological polar surface area (TPSA) is 167 Å². The van der Waals surface area contributed by atoms with Gasteiger partial charge in [-0.3, -0.25) is 9.59 Å². The van der Waals surface area contributed by atoms with Gasteiger partial charge in [0.15, 0.2) is 0 Å². The van der Waals surface area contributed by atoms with Gasteiger partial charge in [-0.05, 0) is 66.3 Å². The van der Waals surface area contributed by atoms with Crippen molar-refractivity contribution in [1.29, 1.82) is 0 Å². The van der Waals surface area contributed by atoms with E-state index in [9.17, 15) is 14.4 Å². The van der Waals surface area contributed by atoms with Crippen molar-refractivity contribution in [3.8, 4) is 11.3 Å². The first-order chi connectivity index (χ1) is 26.1. The molecule has 0 saturated carbocycles. The number of likely N-dealkylation sites (tertiary alicyclic amines) is 2. The third-order valence-corrected chi connectivity index (χ3v) is 10.1. The van der Waals surface area contributed by atoms with Gasteiger partial charge in [-0.15, -0.1) is 0 Å². The van der Waals surface area contributed by atoms with Crippen LogP contribution in [-0.4, -0.2) is 93.4 Å². The Hall–Kier alpha value is -5.50. The van der Waals surface area contributed by atoms with Crippen LogP contribution in [0.3, 0.4) is 0 Å². The second-order valence-electron chi connectivity index (χ2n) is 14.5. The summed E-state index contributed by atoms with van der Waals surface area (Å²) in [5.74, 6) is 1.21. The fourth-order valence-corrected chi connectivity index (χ4v) is 7.26. The number of benzene rings is 2. The zero-order valence-corrected chi connectivity index (χ0v) is 31.7. The van der Waals surface area contributed by atoms with Gasteiger partial charge in [-0.1, -0.05) is 70.2 Å². The van der Waals surface area contributed by atoms with Gasteiger partial charge in [-0.25, -0.2) is 19.8 Å². The van der Waals surface area contributed by atoms with E-state index in [1.54, 1.807) is 0 Å². The number of methoxy groups -OCH3 is 1. The summed E-state index contributed by atoms with van der Waals surface area (Å²) in [4.78, 5) is 72.8. The zero-order chi connectivity index (χ0) is 38.4. The lowest BCUT2D eigenvalue weighted by molar-refractivity contribution is -0.188. The van der Waals surface area contributed by atoms with Gasteiger partial charge in [0.2, 0.25) is 18.2 Å². The van der Waals surface area contributed by atoms with E-state index in [1.807, 2.05) is 55.8 Å². The molecule has 2 aliphatic rings. The predicted molar refractivity (Wildman–Crippen MR) is 206 cm³/mol. The van der Waals surface area contributed by atoms with Gasteiger partial charge >= 0.3 is 6.09 Å². The second kappa shape index (κ2) is 17.1. The normalized spacial score (nSPS) is 18.7. The second-order valence-corrected chi connectivity index (χ2v) is 14.5. The third-order valence-electron chi connectivity index (χ3n) is 10.1. The molecule has 14 nitrogen and oxygen atoms in total. The number of fused-ring (bicyclic) bond motifs is 1. The number of carbonyl (C=O) groups is 3. The molecule has 4 atom stereocenters. The van der Waals surface area contributed by atoms with Crippen LogP contribution in [0.2, 0.25) is 0 Å². The molecule has 14 heteroatoms. The Bertz CT molecular complexity index is 1980. The highest BCUT2D eigenvalue weighted by molar-refractivity contribution is 5.87. The standard InChI is InChI=1S/C40H50N8O6/c1-24(2)34(42-23-54-53-6)38(49)47-19-7-9-32(47)36-41-22-31(45-36)28-16-13-26(14-17-28)11-12-27-15-18-29-30(21-27)44-37(43-29)33-10-8-20-48(33)39(50)35(25(3)4)46-40(51)52-5/h11-18,21-25,32-35H,7-10,19-20H2,1-6H3,(H,41,45)(H,43,44)(H,46,51)/b12-11+,42-23?/t32-,33-,34-,35-/m0/s1. The number of imidazole rings is 2. The number of nitrogens with zero attached hydrogens (tertiary/aromatic N) is 5. The molecule has 0 radical (unpaired) electrons. The quantitative estimate of drug-likeness (QED) is 0.0462. The lowest BCUT2D eigenvalue weighted by Gasteiger charge is -2.29. The van der Waals surface area contributed by atoms with Crippen molar-refractivity contribution < 1.29 is 28.9 Å². The van der Waals surface area contributed by atoms with Crippen LogP contribution in [0.25, 0.3) is 34.4 Å². The Morgan fingerprint density at radius 2 is 1.54 bits per heavy atom. The SMILES string of the molecule is COOC=N[C@H](C(=O)N1CCC[C@H]1c1ncc(-c2ccc(/C=C/c3ccc4nc([C@@H]5CCCN5C(=O)[C@@H](NC(=O)OC)C(C)C)[nH]c4c3)cc2)[nH]1)C(C)C. The molecule has 0 unspecified atom stereocenters.